The molecule has 286 valence electrons. The standard InChI is InChI=1S/C60H41N/c1-2-16-42(17-3-1)53-25-8-10-27-57(53)59-29-12-13-30-60(59)58-28-11-9-26-54(58)45-34-36-48(37-35-45)61(50-38-39-56-47(41-50)33-32-44-19-5-7-24-52(44)56)49-22-14-21-46(40-49)55-31-15-20-43-18-4-6-23-51(43)55/h1-41H. The van der Waals surface area contributed by atoms with Crippen LogP contribution in [0.25, 0.3) is 88.0 Å². The minimum absolute atomic E-state index is 1.09. The summed E-state index contributed by atoms with van der Waals surface area (Å²) in [6.07, 6.45) is 0. The summed E-state index contributed by atoms with van der Waals surface area (Å²) >= 11 is 0. The summed E-state index contributed by atoms with van der Waals surface area (Å²) in [6.45, 7) is 0. The molecule has 11 aromatic carbocycles. The zero-order chi connectivity index (χ0) is 40.5. The van der Waals surface area contributed by atoms with Crippen molar-refractivity contribution < 1.29 is 0 Å². The lowest BCUT2D eigenvalue weighted by atomic mass is 9.87. The van der Waals surface area contributed by atoms with Gasteiger partial charge in [-0.3, -0.25) is 0 Å². The Hall–Kier alpha value is -8.00. The van der Waals surface area contributed by atoms with Crippen molar-refractivity contribution in [2.24, 2.45) is 0 Å². The van der Waals surface area contributed by atoms with E-state index in [9.17, 15) is 0 Å². The highest BCUT2D eigenvalue weighted by Gasteiger charge is 2.18. The summed E-state index contributed by atoms with van der Waals surface area (Å²) < 4.78 is 0. The van der Waals surface area contributed by atoms with Gasteiger partial charge in [-0.2, -0.15) is 0 Å². The van der Waals surface area contributed by atoms with Crippen LogP contribution in [0.3, 0.4) is 0 Å². The van der Waals surface area contributed by atoms with Gasteiger partial charge in [-0.15, -0.1) is 0 Å². The van der Waals surface area contributed by atoms with Gasteiger partial charge < -0.3 is 4.90 Å². The van der Waals surface area contributed by atoms with E-state index in [-0.39, 0.29) is 0 Å². The highest BCUT2D eigenvalue weighted by molar-refractivity contribution is 6.09. The highest BCUT2D eigenvalue weighted by Crippen LogP contribution is 2.44. The molecule has 11 rings (SSSR count). The first-order valence-corrected chi connectivity index (χ1v) is 21.0. The Morgan fingerprint density at radius 2 is 0.623 bits per heavy atom. The van der Waals surface area contributed by atoms with Crippen LogP contribution in [0, 0.1) is 0 Å². The van der Waals surface area contributed by atoms with Crippen LogP contribution < -0.4 is 4.90 Å². The molecule has 0 amide bonds. The first-order valence-electron chi connectivity index (χ1n) is 21.0. The molecule has 0 aliphatic rings. The molecule has 11 aromatic rings. The summed E-state index contributed by atoms with van der Waals surface area (Å²) in [4.78, 5) is 2.40. The zero-order valence-electron chi connectivity index (χ0n) is 33.6. The van der Waals surface area contributed by atoms with Crippen molar-refractivity contribution in [1.82, 2.24) is 0 Å². The zero-order valence-corrected chi connectivity index (χ0v) is 33.6. The molecule has 1 heteroatoms. The van der Waals surface area contributed by atoms with Crippen LogP contribution in [0.2, 0.25) is 0 Å². The van der Waals surface area contributed by atoms with Crippen molar-refractivity contribution in [3.63, 3.8) is 0 Å². The van der Waals surface area contributed by atoms with E-state index in [0.717, 1.165) is 17.1 Å². The molecule has 0 saturated heterocycles. The van der Waals surface area contributed by atoms with Crippen LogP contribution in [0.4, 0.5) is 17.1 Å². The number of hydrogen-bond acceptors (Lipinski definition) is 1. The smallest absolute Gasteiger partial charge is 0.0468 e. The molecule has 0 fully saturated rings. The lowest BCUT2D eigenvalue weighted by molar-refractivity contribution is 1.29. The first-order chi connectivity index (χ1) is 30.3. The maximum absolute atomic E-state index is 2.40. The molecule has 0 aliphatic heterocycles. The number of fused-ring (bicyclic) bond motifs is 4. The number of anilines is 3. The normalized spacial score (nSPS) is 11.3. The fourth-order valence-electron chi connectivity index (χ4n) is 9.18. The van der Waals surface area contributed by atoms with E-state index >= 15 is 0 Å². The molecule has 0 aliphatic carbocycles. The van der Waals surface area contributed by atoms with E-state index in [2.05, 4.69) is 254 Å². The largest absolute Gasteiger partial charge is 0.310 e. The third-order valence-electron chi connectivity index (χ3n) is 12.1. The van der Waals surface area contributed by atoms with Gasteiger partial charge in [-0.1, -0.05) is 212 Å². The molecule has 0 unspecified atom stereocenters. The Labute approximate surface area is 357 Å². The third kappa shape index (κ3) is 6.73. The number of rotatable bonds is 8. The predicted molar refractivity (Wildman–Crippen MR) is 261 cm³/mol. The van der Waals surface area contributed by atoms with Crippen molar-refractivity contribution in [2.75, 3.05) is 4.90 Å². The van der Waals surface area contributed by atoms with E-state index < -0.39 is 0 Å². The van der Waals surface area contributed by atoms with Crippen molar-refractivity contribution in [1.29, 1.82) is 0 Å². The Balaban J connectivity index is 1.03. The van der Waals surface area contributed by atoms with Crippen LogP contribution in [-0.4, -0.2) is 0 Å². The molecule has 1 nitrogen and oxygen atoms in total. The van der Waals surface area contributed by atoms with E-state index in [1.54, 1.807) is 0 Å². The summed E-state index contributed by atoms with van der Waals surface area (Å²) in [5.74, 6) is 0. The summed E-state index contributed by atoms with van der Waals surface area (Å²) in [6, 6.07) is 90.4. The molecular weight excluding hydrogens is 735 g/mol. The van der Waals surface area contributed by atoms with Crippen LogP contribution in [0.15, 0.2) is 249 Å². The van der Waals surface area contributed by atoms with E-state index in [1.165, 1.54) is 88.0 Å². The SMILES string of the molecule is c1ccc(-c2ccccc2-c2ccccc2-c2ccccc2-c2ccc(N(c3cccc(-c4cccc5ccccc45)c3)c3ccc4c(ccc5ccccc54)c3)cc2)cc1. The monoisotopic (exact) mass is 775 g/mol. The average molecular weight is 776 g/mol. The van der Waals surface area contributed by atoms with Crippen LogP contribution in [0.5, 0.6) is 0 Å². The maximum atomic E-state index is 2.40. The Kier molecular flexibility index (Phi) is 9.26. The molecule has 0 heterocycles. The van der Waals surface area contributed by atoms with Crippen LogP contribution in [-0.2, 0) is 0 Å². The van der Waals surface area contributed by atoms with Crippen LogP contribution >= 0.6 is 0 Å². The summed E-state index contributed by atoms with van der Waals surface area (Å²) in [5.41, 5.74) is 15.4. The lowest BCUT2D eigenvalue weighted by Crippen LogP contribution is -2.10. The summed E-state index contributed by atoms with van der Waals surface area (Å²) in [5, 5.41) is 7.47. The van der Waals surface area contributed by atoms with Gasteiger partial charge in [0.25, 0.3) is 0 Å². The molecule has 0 N–H and O–H groups in total. The van der Waals surface area contributed by atoms with Gasteiger partial charge in [0.15, 0.2) is 0 Å². The minimum atomic E-state index is 1.09. The fraction of sp³-hybridized carbons (Fsp3) is 0. The van der Waals surface area contributed by atoms with Crippen molar-refractivity contribution in [2.45, 2.75) is 0 Å². The van der Waals surface area contributed by atoms with E-state index in [4.69, 9.17) is 0 Å². The van der Waals surface area contributed by atoms with Crippen molar-refractivity contribution in [3.05, 3.63) is 249 Å². The van der Waals surface area contributed by atoms with Gasteiger partial charge in [0.05, 0.1) is 0 Å². The molecule has 0 atom stereocenters. The van der Waals surface area contributed by atoms with Gasteiger partial charge in [0.1, 0.15) is 0 Å². The van der Waals surface area contributed by atoms with Gasteiger partial charge in [0, 0.05) is 17.1 Å². The fourth-order valence-corrected chi connectivity index (χ4v) is 9.18. The Morgan fingerprint density at radius 1 is 0.197 bits per heavy atom. The Morgan fingerprint density at radius 3 is 1.31 bits per heavy atom. The quantitative estimate of drug-likeness (QED) is 0.139. The Bertz CT molecular complexity index is 3360. The second-order valence-corrected chi connectivity index (χ2v) is 15.7. The molecule has 0 spiro atoms. The highest BCUT2D eigenvalue weighted by atomic mass is 15.1. The summed E-state index contributed by atoms with van der Waals surface area (Å²) in [7, 11) is 0. The second kappa shape index (κ2) is 15.6. The number of hydrogen-bond donors (Lipinski definition) is 0. The van der Waals surface area contributed by atoms with Gasteiger partial charge >= 0.3 is 0 Å². The van der Waals surface area contributed by atoms with E-state index in [0.29, 0.717) is 0 Å². The average Bonchev–Trinajstić information content (AvgIpc) is 3.34. The molecule has 61 heavy (non-hydrogen) atoms. The van der Waals surface area contributed by atoms with Crippen LogP contribution in [0.1, 0.15) is 0 Å². The first kappa shape index (κ1) is 36.1. The third-order valence-corrected chi connectivity index (χ3v) is 12.1. The molecule has 0 bridgehead atoms. The van der Waals surface area contributed by atoms with Gasteiger partial charge in [-0.25, -0.2) is 0 Å². The molecular formula is C60H41N. The van der Waals surface area contributed by atoms with Crippen molar-refractivity contribution >= 4 is 49.4 Å². The van der Waals surface area contributed by atoms with Crippen molar-refractivity contribution in [3.8, 4) is 55.6 Å². The number of benzene rings is 11. The van der Waals surface area contributed by atoms with Gasteiger partial charge in [0.2, 0.25) is 0 Å². The second-order valence-electron chi connectivity index (χ2n) is 15.7. The van der Waals surface area contributed by atoms with Gasteiger partial charge in [-0.05, 0) is 124 Å². The molecule has 0 saturated carbocycles. The maximum Gasteiger partial charge on any atom is 0.0468 e. The van der Waals surface area contributed by atoms with E-state index in [1.807, 2.05) is 0 Å². The topological polar surface area (TPSA) is 3.24 Å². The lowest BCUT2D eigenvalue weighted by Gasteiger charge is -2.27. The predicted octanol–water partition coefficient (Wildman–Crippen LogP) is 17.0. The number of nitrogens with zero attached hydrogens (tertiary/aromatic N) is 1. The minimum Gasteiger partial charge on any atom is -0.310 e. The molecule has 0 radical (unpaired) electrons. The molecule has 0 aromatic heterocycles.